The summed E-state index contributed by atoms with van der Waals surface area (Å²) in [5.41, 5.74) is 0.724. The number of carbonyl (C=O) groups excluding carboxylic acids is 1. The number of aromatic nitrogens is 3. The first-order valence-corrected chi connectivity index (χ1v) is 6.25. The zero-order valence-corrected chi connectivity index (χ0v) is 14.6. The van der Waals surface area contributed by atoms with Gasteiger partial charge < -0.3 is 10.4 Å². The first-order valence-electron chi connectivity index (χ1n) is 5.26. The number of H-pyrrole nitrogens is 1. The quantitative estimate of drug-likeness (QED) is 0.445. The molecule has 1 amide bonds. The van der Waals surface area contributed by atoms with Gasteiger partial charge in [0, 0.05) is 5.69 Å². The number of aromatic amines is 1. The van der Waals surface area contributed by atoms with Crippen molar-refractivity contribution in [2.45, 2.75) is 5.16 Å². The Labute approximate surface area is 161 Å². The minimum atomic E-state index is -1.00. The van der Waals surface area contributed by atoms with Gasteiger partial charge in [0.25, 0.3) is 0 Å². The van der Waals surface area contributed by atoms with Crippen LogP contribution in [0.4, 0.5) is 5.69 Å². The van der Waals surface area contributed by atoms with Crippen LogP contribution in [0.3, 0.4) is 0 Å². The van der Waals surface area contributed by atoms with Gasteiger partial charge in [-0.3, -0.25) is 9.89 Å². The van der Waals surface area contributed by atoms with Crippen LogP contribution in [-0.4, -0.2) is 37.9 Å². The van der Waals surface area contributed by atoms with Crippen LogP contribution in [0.1, 0.15) is 10.4 Å². The molecule has 0 atom stereocenters. The molecule has 0 aliphatic carbocycles. The number of nitrogens with zero attached hydrogens (tertiary/aromatic N) is 2. The second-order valence-corrected chi connectivity index (χ2v) is 4.47. The summed E-state index contributed by atoms with van der Waals surface area (Å²) >= 11 is 1.23. The molecule has 1 aromatic heterocycles. The molecule has 2 aromatic rings. The summed E-state index contributed by atoms with van der Waals surface area (Å²) in [6, 6.07) is 5.95. The van der Waals surface area contributed by atoms with Crippen molar-refractivity contribution in [2.75, 3.05) is 11.1 Å². The molecular formula is C11H10KN4O3S+. The van der Waals surface area contributed by atoms with Crippen LogP contribution in [0.2, 0.25) is 0 Å². The maximum Gasteiger partial charge on any atom is 1.00 e. The summed E-state index contributed by atoms with van der Waals surface area (Å²) in [5, 5.41) is 18.3. The smallest absolute Gasteiger partial charge is 0.478 e. The molecule has 20 heavy (non-hydrogen) atoms. The molecule has 0 saturated carbocycles. The number of anilines is 1. The van der Waals surface area contributed by atoms with E-state index in [1.165, 1.54) is 30.2 Å². The summed E-state index contributed by atoms with van der Waals surface area (Å²) in [6.07, 6.45) is 1.37. The molecule has 9 heteroatoms. The first kappa shape index (κ1) is 17.3. The molecule has 1 aromatic carbocycles. The zero-order chi connectivity index (χ0) is 13.7. The van der Waals surface area contributed by atoms with Crippen molar-refractivity contribution in [3.63, 3.8) is 0 Å². The molecule has 0 fully saturated rings. The van der Waals surface area contributed by atoms with Gasteiger partial charge in [-0.15, -0.1) is 0 Å². The molecule has 0 bridgehead atoms. The Hall–Kier alpha value is -0.714. The number of thioether (sulfide) groups is 1. The van der Waals surface area contributed by atoms with Crippen LogP contribution in [0, 0.1) is 0 Å². The molecular weight excluding hydrogens is 307 g/mol. The molecule has 3 N–H and O–H groups in total. The van der Waals surface area contributed by atoms with E-state index in [9.17, 15) is 9.59 Å². The van der Waals surface area contributed by atoms with E-state index in [4.69, 9.17) is 5.11 Å². The van der Waals surface area contributed by atoms with Gasteiger partial charge in [-0.05, 0) is 24.3 Å². The maximum absolute atomic E-state index is 11.6. The summed E-state index contributed by atoms with van der Waals surface area (Å²) in [5.74, 6) is -1.01. The van der Waals surface area contributed by atoms with Crippen LogP contribution in [0.25, 0.3) is 0 Å². The van der Waals surface area contributed by atoms with Gasteiger partial charge in [-0.2, -0.15) is 5.10 Å². The van der Waals surface area contributed by atoms with Crippen molar-refractivity contribution in [1.29, 1.82) is 0 Å². The molecule has 1 heterocycles. The molecule has 2 rings (SSSR count). The number of benzene rings is 1. The Balaban J connectivity index is 0.00000200. The third-order valence-electron chi connectivity index (χ3n) is 2.15. The number of nitrogens with one attached hydrogen (secondary N) is 2. The summed E-state index contributed by atoms with van der Waals surface area (Å²) in [6.45, 7) is 0. The Morgan fingerprint density at radius 2 is 2.00 bits per heavy atom. The number of aromatic carboxylic acids is 1. The SMILES string of the molecule is O=C(CSc1ncn[nH]1)Nc1ccc(C(=O)O)cc1.[K+]. The van der Waals surface area contributed by atoms with Crippen molar-refractivity contribution in [3.8, 4) is 0 Å². The van der Waals surface area contributed by atoms with E-state index in [0.29, 0.717) is 10.8 Å². The largest absolute Gasteiger partial charge is 1.00 e. The number of hydrogen-bond donors (Lipinski definition) is 3. The van der Waals surface area contributed by atoms with Crippen LogP contribution in [0.5, 0.6) is 0 Å². The van der Waals surface area contributed by atoms with E-state index < -0.39 is 5.97 Å². The number of hydrogen-bond acceptors (Lipinski definition) is 5. The second-order valence-electron chi connectivity index (χ2n) is 3.51. The van der Waals surface area contributed by atoms with Crippen LogP contribution < -0.4 is 56.7 Å². The van der Waals surface area contributed by atoms with Crippen molar-refractivity contribution in [2.24, 2.45) is 0 Å². The average Bonchev–Trinajstić information content (AvgIpc) is 2.90. The molecule has 0 saturated heterocycles. The van der Waals surface area contributed by atoms with E-state index in [0.717, 1.165) is 0 Å². The van der Waals surface area contributed by atoms with Crippen LogP contribution in [-0.2, 0) is 4.79 Å². The Bertz CT molecular complexity index is 574. The molecule has 0 aliphatic heterocycles. The van der Waals surface area contributed by atoms with Crippen molar-refractivity contribution in [1.82, 2.24) is 15.2 Å². The Morgan fingerprint density at radius 3 is 2.55 bits per heavy atom. The van der Waals surface area contributed by atoms with E-state index >= 15 is 0 Å². The number of rotatable bonds is 5. The van der Waals surface area contributed by atoms with Crippen LogP contribution in [0.15, 0.2) is 35.7 Å². The first-order chi connectivity index (χ1) is 9.15. The second kappa shape index (κ2) is 8.55. The van der Waals surface area contributed by atoms with Gasteiger partial charge in [-0.1, -0.05) is 11.8 Å². The Kier molecular flexibility index (Phi) is 7.41. The number of amides is 1. The van der Waals surface area contributed by atoms with Crippen molar-refractivity contribution < 1.29 is 66.1 Å². The predicted octanol–water partition coefficient (Wildman–Crippen LogP) is -1.76. The number of carboxylic acid groups (broad SMARTS) is 1. The fourth-order valence-corrected chi connectivity index (χ4v) is 1.87. The number of carbonyl (C=O) groups is 2. The van der Waals surface area contributed by atoms with Crippen LogP contribution >= 0.6 is 11.8 Å². The Morgan fingerprint density at radius 1 is 1.30 bits per heavy atom. The van der Waals surface area contributed by atoms with Gasteiger partial charge in [-0.25, -0.2) is 9.78 Å². The van der Waals surface area contributed by atoms with Crippen molar-refractivity contribution in [3.05, 3.63) is 36.2 Å². The molecule has 7 nitrogen and oxygen atoms in total. The monoisotopic (exact) mass is 317 g/mol. The molecule has 0 unspecified atom stereocenters. The van der Waals surface area contributed by atoms with Gasteiger partial charge in [0.2, 0.25) is 5.91 Å². The topological polar surface area (TPSA) is 108 Å². The third kappa shape index (κ3) is 5.35. The van der Waals surface area contributed by atoms with Gasteiger partial charge in [0.1, 0.15) is 6.33 Å². The zero-order valence-electron chi connectivity index (χ0n) is 10.7. The molecule has 0 aliphatic rings. The third-order valence-corrected chi connectivity index (χ3v) is 3.03. The fraction of sp³-hybridized carbons (Fsp3) is 0.0909. The number of carboxylic acids is 1. The maximum atomic E-state index is 11.6. The minimum Gasteiger partial charge on any atom is -0.478 e. The van der Waals surface area contributed by atoms with E-state index in [1.807, 2.05) is 0 Å². The van der Waals surface area contributed by atoms with Gasteiger partial charge in [0.05, 0.1) is 11.3 Å². The minimum absolute atomic E-state index is 0. The van der Waals surface area contributed by atoms with Crippen molar-refractivity contribution >= 4 is 29.3 Å². The fourth-order valence-electron chi connectivity index (χ4n) is 1.29. The average molecular weight is 317 g/mol. The molecule has 98 valence electrons. The summed E-state index contributed by atoms with van der Waals surface area (Å²) in [4.78, 5) is 26.2. The van der Waals surface area contributed by atoms with E-state index in [2.05, 4.69) is 20.5 Å². The van der Waals surface area contributed by atoms with E-state index in [-0.39, 0.29) is 68.6 Å². The van der Waals surface area contributed by atoms with Gasteiger partial charge >= 0.3 is 57.4 Å². The predicted molar refractivity (Wildman–Crippen MR) is 69.1 cm³/mol. The normalized spacial score (nSPS) is 9.60. The van der Waals surface area contributed by atoms with E-state index in [1.54, 1.807) is 12.1 Å². The molecule has 0 radical (unpaired) electrons. The summed E-state index contributed by atoms with van der Waals surface area (Å²) < 4.78 is 0. The van der Waals surface area contributed by atoms with Gasteiger partial charge in [0.15, 0.2) is 5.16 Å². The molecule has 0 spiro atoms. The summed E-state index contributed by atoms with van der Waals surface area (Å²) in [7, 11) is 0. The standard InChI is InChI=1S/C11H10N4O3S.K/c16-9(5-19-11-12-6-13-15-11)14-8-3-1-7(2-4-8)10(17)18;/h1-4,6H,5H2,(H,14,16)(H,17,18)(H,12,13,15);/q;+1.